The minimum atomic E-state index is -0.544. The standard InChI is InChI=1S/C24H30N2O4/c1-17-8-9-22(19(3)14-17)29-16-24(28)30-15-23(27)26-12-10-25(11-13-26)21-7-5-6-18(2)20(21)4/h5-9,14H,10-13,15-16H2,1-4H3. The number of esters is 1. The van der Waals surface area contributed by atoms with Crippen molar-refractivity contribution < 1.29 is 19.1 Å². The summed E-state index contributed by atoms with van der Waals surface area (Å²) in [5.41, 5.74) is 5.85. The second kappa shape index (κ2) is 9.65. The molecule has 3 rings (SSSR count). The number of carbonyl (C=O) groups is 2. The quantitative estimate of drug-likeness (QED) is 0.685. The first kappa shape index (κ1) is 21.7. The van der Waals surface area contributed by atoms with Crippen LogP contribution in [0.3, 0.4) is 0 Å². The number of piperazine rings is 1. The van der Waals surface area contributed by atoms with Gasteiger partial charge in [-0.05, 0) is 56.5 Å². The average molecular weight is 411 g/mol. The number of rotatable bonds is 6. The van der Waals surface area contributed by atoms with E-state index < -0.39 is 5.97 Å². The van der Waals surface area contributed by atoms with Gasteiger partial charge in [0.2, 0.25) is 0 Å². The van der Waals surface area contributed by atoms with Gasteiger partial charge in [-0.25, -0.2) is 4.79 Å². The first-order valence-corrected chi connectivity index (χ1v) is 10.3. The number of hydrogen-bond acceptors (Lipinski definition) is 5. The molecule has 2 aromatic rings. The van der Waals surface area contributed by atoms with Crippen molar-refractivity contribution in [1.82, 2.24) is 4.90 Å². The third-order valence-electron chi connectivity index (χ3n) is 5.58. The molecule has 1 fully saturated rings. The smallest absolute Gasteiger partial charge is 0.344 e. The van der Waals surface area contributed by atoms with Crippen LogP contribution in [0.4, 0.5) is 5.69 Å². The third kappa shape index (κ3) is 5.32. The molecule has 1 amide bonds. The van der Waals surface area contributed by atoms with Crippen LogP contribution in [0.1, 0.15) is 22.3 Å². The van der Waals surface area contributed by atoms with Gasteiger partial charge in [-0.3, -0.25) is 4.79 Å². The molecule has 0 atom stereocenters. The van der Waals surface area contributed by atoms with E-state index in [1.165, 1.54) is 16.8 Å². The summed E-state index contributed by atoms with van der Waals surface area (Å²) in [7, 11) is 0. The molecular formula is C24H30N2O4. The molecule has 0 unspecified atom stereocenters. The van der Waals surface area contributed by atoms with Gasteiger partial charge in [0.15, 0.2) is 13.2 Å². The van der Waals surface area contributed by atoms with E-state index in [2.05, 4.69) is 36.9 Å². The molecule has 0 saturated carbocycles. The summed E-state index contributed by atoms with van der Waals surface area (Å²) >= 11 is 0. The molecule has 0 N–H and O–H groups in total. The van der Waals surface area contributed by atoms with Crippen LogP contribution in [-0.2, 0) is 14.3 Å². The predicted molar refractivity (Wildman–Crippen MR) is 117 cm³/mol. The highest BCUT2D eigenvalue weighted by molar-refractivity contribution is 5.81. The van der Waals surface area contributed by atoms with E-state index in [1.807, 2.05) is 32.0 Å². The van der Waals surface area contributed by atoms with E-state index in [-0.39, 0.29) is 19.1 Å². The molecule has 1 saturated heterocycles. The van der Waals surface area contributed by atoms with Crippen LogP contribution in [-0.4, -0.2) is 56.2 Å². The van der Waals surface area contributed by atoms with Gasteiger partial charge >= 0.3 is 5.97 Å². The Bertz CT molecular complexity index is 917. The normalized spacial score (nSPS) is 13.9. The summed E-state index contributed by atoms with van der Waals surface area (Å²) in [6.07, 6.45) is 0. The maximum atomic E-state index is 12.4. The first-order chi connectivity index (χ1) is 14.3. The molecule has 1 aliphatic rings. The van der Waals surface area contributed by atoms with Crippen molar-refractivity contribution in [1.29, 1.82) is 0 Å². The molecule has 0 aromatic heterocycles. The number of carbonyl (C=O) groups excluding carboxylic acids is 2. The zero-order valence-electron chi connectivity index (χ0n) is 18.2. The van der Waals surface area contributed by atoms with Gasteiger partial charge in [0.05, 0.1) is 0 Å². The first-order valence-electron chi connectivity index (χ1n) is 10.3. The number of ether oxygens (including phenoxy) is 2. The Morgan fingerprint density at radius 2 is 1.63 bits per heavy atom. The SMILES string of the molecule is Cc1ccc(OCC(=O)OCC(=O)N2CCN(c3cccc(C)c3C)CC2)c(C)c1. The maximum Gasteiger partial charge on any atom is 0.344 e. The molecule has 0 aliphatic carbocycles. The molecular weight excluding hydrogens is 380 g/mol. The molecule has 160 valence electrons. The minimum absolute atomic E-state index is 0.171. The molecule has 1 aliphatic heterocycles. The lowest BCUT2D eigenvalue weighted by Gasteiger charge is -2.37. The summed E-state index contributed by atoms with van der Waals surface area (Å²) in [5, 5.41) is 0. The maximum absolute atomic E-state index is 12.4. The van der Waals surface area contributed by atoms with Crippen molar-refractivity contribution in [2.45, 2.75) is 27.7 Å². The summed E-state index contributed by atoms with van der Waals surface area (Å²) in [6, 6.07) is 12.0. The topological polar surface area (TPSA) is 59.1 Å². The second-order valence-electron chi connectivity index (χ2n) is 7.81. The fraction of sp³-hybridized carbons (Fsp3) is 0.417. The Hall–Kier alpha value is -3.02. The van der Waals surface area contributed by atoms with E-state index in [4.69, 9.17) is 9.47 Å². The van der Waals surface area contributed by atoms with Gasteiger partial charge in [-0.1, -0.05) is 29.8 Å². The summed E-state index contributed by atoms with van der Waals surface area (Å²) in [5.74, 6) is -0.0701. The lowest BCUT2D eigenvalue weighted by molar-refractivity contribution is -0.153. The van der Waals surface area contributed by atoms with E-state index >= 15 is 0 Å². The number of nitrogens with zero attached hydrogens (tertiary/aromatic N) is 2. The number of amides is 1. The lowest BCUT2D eigenvalue weighted by atomic mass is 10.1. The highest BCUT2D eigenvalue weighted by Gasteiger charge is 2.23. The van der Waals surface area contributed by atoms with E-state index in [9.17, 15) is 9.59 Å². The highest BCUT2D eigenvalue weighted by atomic mass is 16.6. The van der Waals surface area contributed by atoms with Crippen LogP contribution in [0.15, 0.2) is 36.4 Å². The number of benzene rings is 2. The lowest BCUT2D eigenvalue weighted by Crippen LogP contribution is -2.50. The van der Waals surface area contributed by atoms with Crippen molar-refractivity contribution in [3.63, 3.8) is 0 Å². The van der Waals surface area contributed by atoms with Gasteiger partial charge in [0.25, 0.3) is 5.91 Å². The van der Waals surface area contributed by atoms with E-state index in [1.54, 1.807) is 4.90 Å². The Morgan fingerprint density at radius 3 is 2.33 bits per heavy atom. The fourth-order valence-corrected chi connectivity index (χ4v) is 3.65. The zero-order valence-corrected chi connectivity index (χ0v) is 18.2. The van der Waals surface area contributed by atoms with Crippen LogP contribution >= 0.6 is 0 Å². The zero-order chi connectivity index (χ0) is 21.7. The summed E-state index contributed by atoms with van der Waals surface area (Å²) < 4.78 is 10.6. The molecule has 0 spiro atoms. The monoisotopic (exact) mass is 410 g/mol. The average Bonchev–Trinajstić information content (AvgIpc) is 2.73. The van der Waals surface area contributed by atoms with Crippen LogP contribution in [0.25, 0.3) is 0 Å². The minimum Gasteiger partial charge on any atom is -0.482 e. The predicted octanol–water partition coefficient (Wildman–Crippen LogP) is 3.19. The van der Waals surface area contributed by atoms with Crippen LogP contribution in [0.5, 0.6) is 5.75 Å². The Morgan fingerprint density at radius 1 is 0.900 bits per heavy atom. The van der Waals surface area contributed by atoms with Crippen LogP contribution < -0.4 is 9.64 Å². The van der Waals surface area contributed by atoms with Gasteiger partial charge < -0.3 is 19.3 Å². The molecule has 2 aromatic carbocycles. The summed E-state index contributed by atoms with van der Waals surface area (Å²) in [6.45, 7) is 10.5. The Labute approximate surface area is 178 Å². The van der Waals surface area contributed by atoms with Crippen molar-refractivity contribution in [2.75, 3.05) is 44.3 Å². The molecule has 1 heterocycles. The number of hydrogen-bond donors (Lipinski definition) is 0. The molecule has 6 nitrogen and oxygen atoms in total. The van der Waals surface area contributed by atoms with Crippen molar-refractivity contribution in [3.05, 3.63) is 58.7 Å². The van der Waals surface area contributed by atoms with Gasteiger partial charge in [0, 0.05) is 31.9 Å². The van der Waals surface area contributed by atoms with E-state index in [0.717, 1.165) is 24.2 Å². The van der Waals surface area contributed by atoms with Crippen LogP contribution in [0, 0.1) is 27.7 Å². The van der Waals surface area contributed by atoms with Crippen molar-refractivity contribution in [2.24, 2.45) is 0 Å². The highest BCUT2D eigenvalue weighted by Crippen LogP contribution is 2.24. The van der Waals surface area contributed by atoms with Gasteiger partial charge in [-0.15, -0.1) is 0 Å². The molecule has 0 bridgehead atoms. The van der Waals surface area contributed by atoms with Crippen LogP contribution in [0.2, 0.25) is 0 Å². The number of anilines is 1. The van der Waals surface area contributed by atoms with E-state index in [0.29, 0.717) is 18.8 Å². The summed E-state index contributed by atoms with van der Waals surface area (Å²) in [4.78, 5) is 28.4. The van der Waals surface area contributed by atoms with Gasteiger partial charge in [-0.2, -0.15) is 0 Å². The van der Waals surface area contributed by atoms with Gasteiger partial charge in [0.1, 0.15) is 5.75 Å². The molecule has 6 heteroatoms. The fourth-order valence-electron chi connectivity index (χ4n) is 3.65. The largest absolute Gasteiger partial charge is 0.482 e. The molecule has 30 heavy (non-hydrogen) atoms. The number of aryl methyl sites for hydroxylation is 3. The van der Waals surface area contributed by atoms with Crippen molar-refractivity contribution in [3.8, 4) is 5.75 Å². The second-order valence-corrected chi connectivity index (χ2v) is 7.81. The third-order valence-corrected chi connectivity index (χ3v) is 5.58. The Kier molecular flexibility index (Phi) is 6.98. The Balaban J connectivity index is 1.42. The van der Waals surface area contributed by atoms with Crippen molar-refractivity contribution >= 4 is 17.6 Å². The molecule has 0 radical (unpaired) electrons.